The molecule has 0 aromatic heterocycles. The Balaban J connectivity index is 1.74. The van der Waals surface area contributed by atoms with Crippen LogP contribution < -0.4 is 10.6 Å². The number of hydrogen-bond donors (Lipinski definition) is 2. The minimum absolute atomic E-state index is 0.144. The third-order valence-corrected chi connectivity index (χ3v) is 3.61. The van der Waals surface area contributed by atoms with Crippen LogP contribution in [0.2, 0.25) is 0 Å². The molecule has 2 aromatic rings. The summed E-state index contributed by atoms with van der Waals surface area (Å²) in [6, 6.07) is 12.2. The van der Waals surface area contributed by atoms with Crippen molar-refractivity contribution in [2.75, 3.05) is 10.6 Å². The van der Waals surface area contributed by atoms with E-state index in [0.717, 1.165) is 11.3 Å². The maximum absolute atomic E-state index is 13.5. The number of hydrogen-bond acceptors (Lipinski definition) is 2. The van der Waals surface area contributed by atoms with E-state index in [1.54, 1.807) is 19.1 Å². The number of carbonyl (C=O) groups is 1. The second-order valence-electron chi connectivity index (χ2n) is 4.96. The molecule has 1 heterocycles. The Hall–Kier alpha value is -2.36. The highest BCUT2D eigenvalue weighted by atomic mass is 19.1. The summed E-state index contributed by atoms with van der Waals surface area (Å²) in [5.41, 5.74) is 3.09. The van der Waals surface area contributed by atoms with Crippen molar-refractivity contribution in [3.63, 3.8) is 0 Å². The van der Waals surface area contributed by atoms with Crippen LogP contribution in [0.25, 0.3) is 0 Å². The second kappa shape index (κ2) is 4.96. The van der Waals surface area contributed by atoms with Crippen molar-refractivity contribution in [3.05, 3.63) is 59.4 Å². The number of para-hydroxylation sites is 1. The van der Waals surface area contributed by atoms with Crippen molar-refractivity contribution in [2.24, 2.45) is 0 Å². The van der Waals surface area contributed by atoms with Crippen molar-refractivity contribution < 1.29 is 9.18 Å². The van der Waals surface area contributed by atoms with Crippen molar-refractivity contribution in [2.45, 2.75) is 19.4 Å². The first-order valence-electron chi connectivity index (χ1n) is 6.55. The zero-order valence-electron chi connectivity index (χ0n) is 11.1. The minimum atomic E-state index is -0.314. The van der Waals surface area contributed by atoms with Gasteiger partial charge in [-0.25, -0.2) is 4.39 Å². The molecule has 2 N–H and O–H groups in total. The van der Waals surface area contributed by atoms with Gasteiger partial charge in [-0.15, -0.1) is 0 Å². The van der Waals surface area contributed by atoms with Crippen LogP contribution in [0, 0.1) is 12.7 Å². The Morgan fingerprint density at radius 3 is 2.85 bits per heavy atom. The molecule has 3 nitrogen and oxygen atoms in total. The molecule has 1 amide bonds. The predicted molar refractivity (Wildman–Crippen MR) is 77.3 cm³/mol. The lowest BCUT2D eigenvalue weighted by Crippen LogP contribution is -2.33. The predicted octanol–water partition coefficient (Wildman–Crippen LogP) is 3.11. The van der Waals surface area contributed by atoms with E-state index in [1.807, 2.05) is 24.3 Å². The average molecular weight is 270 g/mol. The van der Waals surface area contributed by atoms with Gasteiger partial charge in [0.1, 0.15) is 11.9 Å². The Labute approximate surface area is 116 Å². The third-order valence-electron chi connectivity index (χ3n) is 3.61. The molecule has 20 heavy (non-hydrogen) atoms. The van der Waals surface area contributed by atoms with E-state index in [1.165, 1.54) is 6.07 Å². The van der Waals surface area contributed by atoms with E-state index in [0.29, 0.717) is 17.7 Å². The topological polar surface area (TPSA) is 41.1 Å². The molecule has 0 spiro atoms. The van der Waals surface area contributed by atoms with Crippen LogP contribution in [-0.2, 0) is 11.2 Å². The summed E-state index contributed by atoms with van der Waals surface area (Å²) in [5, 5.41) is 5.97. The highest BCUT2D eigenvalue weighted by molar-refractivity contribution is 5.98. The van der Waals surface area contributed by atoms with Gasteiger partial charge >= 0.3 is 0 Å². The van der Waals surface area contributed by atoms with E-state index in [9.17, 15) is 9.18 Å². The van der Waals surface area contributed by atoms with Gasteiger partial charge < -0.3 is 10.6 Å². The van der Waals surface area contributed by atoms with Gasteiger partial charge in [0.2, 0.25) is 5.91 Å². The van der Waals surface area contributed by atoms with E-state index in [2.05, 4.69) is 10.6 Å². The van der Waals surface area contributed by atoms with E-state index in [-0.39, 0.29) is 17.8 Å². The van der Waals surface area contributed by atoms with Crippen LogP contribution in [0.5, 0.6) is 0 Å². The number of anilines is 2. The third kappa shape index (κ3) is 2.25. The van der Waals surface area contributed by atoms with Crippen molar-refractivity contribution in [1.82, 2.24) is 0 Å². The standard InChI is InChI=1S/C16H15FN2O/c1-10-12(17)6-4-8-13(10)19-16(20)15-9-11-5-2-3-7-14(11)18-15/h2-8,15,18H,9H2,1H3,(H,19,20)/t15-/m0/s1. The Kier molecular flexibility index (Phi) is 3.14. The van der Waals surface area contributed by atoms with E-state index >= 15 is 0 Å². The molecule has 3 rings (SSSR count). The molecule has 0 saturated heterocycles. The van der Waals surface area contributed by atoms with Gasteiger partial charge in [0.05, 0.1) is 0 Å². The highest BCUT2D eigenvalue weighted by Gasteiger charge is 2.26. The molecule has 1 aliphatic heterocycles. The Morgan fingerprint density at radius 1 is 1.25 bits per heavy atom. The number of fused-ring (bicyclic) bond motifs is 1. The minimum Gasteiger partial charge on any atom is -0.373 e. The molecule has 1 aliphatic rings. The summed E-state index contributed by atoms with van der Waals surface area (Å²) >= 11 is 0. The van der Waals surface area contributed by atoms with Gasteiger partial charge in [-0.1, -0.05) is 24.3 Å². The van der Waals surface area contributed by atoms with Crippen molar-refractivity contribution in [3.8, 4) is 0 Å². The van der Waals surface area contributed by atoms with Crippen molar-refractivity contribution >= 4 is 17.3 Å². The van der Waals surface area contributed by atoms with Gasteiger partial charge in [-0.3, -0.25) is 4.79 Å². The Morgan fingerprint density at radius 2 is 2.05 bits per heavy atom. The molecule has 4 heteroatoms. The fourth-order valence-corrected chi connectivity index (χ4v) is 2.42. The molecular weight excluding hydrogens is 255 g/mol. The first kappa shape index (κ1) is 12.7. The van der Waals surface area contributed by atoms with Crippen molar-refractivity contribution in [1.29, 1.82) is 0 Å². The molecule has 1 atom stereocenters. The van der Waals surface area contributed by atoms with Gasteiger partial charge in [-0.2, -0.15) is 0 Å². The Bertz CT molecular complexity index is 644. The molecule has 0 unspecified atom stereocenters. The fourth-order valence-electron chi connectivity index (χ4n) is 2.42. The highest BCUT2D eigenvalue weighted by Crippen LogP contribution is 2.26. The molecule has 0 bridgehead atoms. The van der Waals surface area contributed by atoms with Crippen LogP contribution in [-0.4, -0.2) is 11.9 Å². The molecule has 102 valence electrons. The van der Waals surface area contributed by atoms with Gasteiger partial charge in [0, 0.05) is 23.4 Å². The smallest absolute Gasteiger partial charge is 0.247 e. The van der Waals surface area contributed by atoms with Crippen LogP contribution in [0.15, 0.2) is 42.5 Å². The second-order valence-corrected chi connectivity index (χ2v) is 4.96. The van der Waals surface area contributed by atoms with Gasteiger partial charge in [0.15, 0.2) is 0 Å². The molecule has 0 fully saturated rings. The lowest BCUT2D eigenvalue weighted by molar-refractivity contribution is -0.116. The van der Waals surface area contributed by atoms with E-state index < -0.39 is 0 Å². The number of amides is 1. The normalized spacial score (nSPS) is 16.4. The average Bonchev–Trinajstić information content (AvgIpc) is 2.88. The van der Waals surface area contributed by atoms with Gasteiger partial charge in [-0.05, 0) is 30.7 Å². The summed E-state index contributed by atoms with van der Waals surface area (Å²) in [6.45, 7) is 1.65. The largest absolute Gasteiger partial charge is 0.373 e. The molecule has 0 saturated carbocycles. The number of nitrogens with one attached hydrogen (secondary N) is 2. The maximum atomic E-state index is 13.5. The van der Waals surface area contributed by atoms with Crippen LogP contribution in [0.3, 0.4) is 0 Å². The maximum Gasteiger partial charge on any atom is 0.247 e. The zero-order chi connectivity index (χ0) is 14.1. The van der Waals surface area contributed by atoms with Crippen LogP contribution in [0.4, 0.5) is 15.8 Å². The fraction of sp³-hybridized carbons (Fsp3) is 0.188. The lowest BCUT2D eigenvalue weighted by atomic mass is 10.1. The summed E-state index contributed by atoms with van der Waals surface area (Å²) in [5.74, 6) is -0.458. The zero-order valence-corrected chi connectivity index (χ0v) is 11.1. The molecule has 0 radical (unpaired) electrons. The number of carbonyl (C=O) groups excluding carboxylic acids is 1. The first-order valence-corrected chi connectivity index (χ1v) is 6.55. The number of rotatable bonds is 2. The molecule has 2 aromatic carbocycles. The number of halogens is 1. The summed E-state index contributed by atoms with van der Waals surface area (Å²) in [6.07, 6.45) is 0.649. The summed E-state index contributed by atoms with van der Waals surface area (Å²) < 4.78 is 13.5. The lowest BCUT2D eigenvalue weighted by Gasteiger charge is -2.13. The molecular formula is C16H15FN2O. The SMILES string of the molecule is Cc1c(F)cccc1NC(=O)[C@@H]1Cc2ccccc2N1. The quantitative estimate of drug-likeness (QED) is 0.880. The van der Waals surface area contributed by atoms with Crippen LogP contribution in [0.1, 0.15) is 11.1 Å². The number of benzene rings is 2. The molecule has 0 aliphatic carbocycles. The van der Waals surface area contributed by atoms with Crippen LogP contribution >= 0.6 is 0 Å². The summed E-state index contributed by atoms with van der Waals surface area (Å²) in [7, 11) is 0. The van der Waals surface area contributed by atoms with Gasteiger partial charge in [0.25, 0.3) is 0 Å². The summed E-state index contributed by atoms with van der Waals surface area (Å²) in [4.78, 5) is 12.3. The monoisotopic (exact) mass is 270 g/mol. The first-order chi connectivity index (χ1) is 9.65. The van der Waals surface area contributed by atoms with E-state index in [4.69, 9.17) is 0 Å².